The number of ether oxygens (including phenoxy) is 1. The predicted octanol–water partition coefficient (Wildman–Crippen LogP) is 1.01. The van der Waals surface area contributed by atoms with Crippen molar-refractivity contribution in [2.45, 2.75) is 50.8 Å². The molecular weight excluding hydrogens is 182 g/mol. The van der Waals surface area contributed by atoms with Crippen LogP contribution in [0.1, 0.15) is 32.6 Å². The highest BCUT2D eigenvalue weighted by molar-refractivity contribution is 5.73. The molecule has 0 heterocycles. The second-order valence-corrected chi connectivity index (χ2v) is 3.78. The van der Waals surface area contributed by atoms with E-state index in [1.165, 1.54) is 0 Å². The van der Waals surface area contributed by atoms with E-state index in [0.29, 0.717) is 6.42 Å². The molecule has 4 nitrogen and oxygen atoms in total. The smallest absolute Gasteiger partial charge is 0.320 e. The van der Waals surface area contributed by atoms with Gasteiger partial charge in [-0.2, -0.15) is 0 Å². The van der Waals surface area contributed by atoms with E-state index in [1.807, 2.05) is 6.92 Å². The third-order valence-corrected chi connectivity index (χ3v) is 2.88. The first-order valence-electron chi connectivity index (χ1n) is 5.20. The van der Waals surface area contributed by atoms with Crippen LogP contribution in [0.25, 0.3) is 0 Å². The number of carbonyl (C=O) groups is 1. The number of hydrogen-bond acceptors (Lipinski definition) is 3. The number of nitrogens with one attached hydrogen (secondary N) is 1. The molecule has 1 saturated carbocycles. The second-order valence-electron chi connectivity index (χ2n) is 3.78. The minimum Gasteiger partial charge on any atom is -0.480 e. The Kier molecular flexibility index (Phi) is 4.35. The number of rotatable bonds is 5. The summed E-state index contributed by atoms with van der Waals surface area (Å²) in [6.07, 6.45) is 3.96. The van der Waals surface area contributed by atoms with Crippen LogP contribution in [0.3, 0.4) is 0 Å². The van der Waals surface area contributed by atoms with Gasteiger partial charge in [-0.15, -0.1) is 0 Å². The van der Waals surface area contributed by atoms with E-state index in [4.69, 9.17) is 9.84 Å². The third kappa shape index (κ3) is 2.69. The van der Waals surface area contributed by atoms with E-state index in [2.05, 4.69) is 5.32 Å². The van der Waals surface area contributed by atoms with Crippen LogP contribution in [0.2, 0.25) is 0 Å². The molecule has 1 aliphatic rings. The third-order valence-electron chi connectivity index (χ3n) is 2.88. The Balaban J connectivity index is 2.45. The van der Waals surface area contributed by atoms with E-state index in [9.17, 15) is 4.79 Å². The Hall–Kier alpha value is -0.610. The minimum atomic E-state index is -0.769. The van der Waals surface area contributed by atoms with Gasteiger partial charge in [0.2, 0.25) is 0 Å². The molecule has 82 valence electrons. The molecule has 0 aromatic heterocycles. The topological polar surface area (TPSA) is 58.6 Å². The summed E-state index contributed by atoms with van der Waals surface area (Å²) >= 11 is 0. The molecule has 3 unspecified atom stereocenters. The number of carboxylic acid groups (broad SMARTS) is 1. The molecule has 0 saturated heterocycles. The number of carboxylic acids is 1. The normalized spacial score (nSPS) is 29.0. The van der Waals surface area contributed by atoms with Gasteiger partial charge in [-0.3, -0.25) is 10.1 Å². The fourth-order valence-corrected chi connectivity index (χ4v) is 2.02. The van der Waals surface area contributed by atoms with Crippen LogP contribution in [0.4, 0.5) is 0 Å². The van der Waals surface area contributed by atoms with Gasteiger partial charge in [-0.25, -0.2) is 0 Å². The molecule has 0 aromatic rings. The van der Waals surface area contributed by atoms with Gasteiger partial charge in [-0.1, -0.05) is 6.92 Å². The zero-order valence-electron chi connectivity index (χ0n) is 8.82. The molecular formula is C10H19NO3. The first-order chi connectivity index (χ1) is 6.69. The molecule has 0 spiro atoms. The van der Waals surface area contributed by atoms with Crippen LogP contribution in [0.15, 0.2) is 0 Å². The monoisotopic (exact) mass is 201 g/mol. The van der Waals surface area contributed by atoms with E-state index >= 15 is 0 Å². The molecule has 0 aromatic carbocycles. The Morgan fingerprint density at radius 3 is 2.86 bits per heavy atom. The molecule has 1 aliphatic carbocycles. The molecule has 0 aliphatic heterocycles. The van der Waals surface area contributed by atoms with E-state index in [-0.39, 0.29) is 12.1 Å². The molecule has 4 heteroatoms. The van der Waals surface area contributed by atoms with Crippen LogP contribution in [0.5, 0.6) is 0 Å². The van der Waals surface area contributed by atoms with Crippen LogP contribution in [-0.2, 0) is 9.53 Å². The summed E-state index contributed by atoms with van der Waals surface area (Å²) in [5, 5.41) is 12.0. The largest absolute Gasteiger partial charge is 0.480 e. The number of methoxy groups -OCH3 is 1. The van der Waals surface area contributed by atoms with E-state index in [0.717, 1.165) is 19.3 Å². The van der Waals surface area contributed by atoms with Crippen molar-refractivity contribution in [3.63, 3.8) is 0 Å². The van der Waals surface area contributed by atoms with Gasteiger partial charge >= 0.3 is 5.97 Å². The molecule has 1 rings (SSSR count). The van der Waals surface area contributed by atoms with Gasteiger partial charge in [0, 0.05) is 13.2 Å². The van der Waals surface area contributed by atoms with Crippen molar-refractivity contribution in [1.82, 2.24) is 5.32 Å². The van der Waals surface area contributed by atoms with Gasteiger partial charge in [0.15, 0.2) is 0 Å². The zero-order valence-corrected chi connectivity index (χ0v) is 8.82. The van der Waals surface area contributed by atoms with Gasteiger partial charge in [0.1, 0.15) is 6.04 Å². The quantitative estimate of drug-likeness (QED) is 0.697. The Morgan fingerprint density at radius 2 is 2.36 bits per heavy atom. The first-order valence-corrected chi connectivity index (χ1v) is 5.20. The van der Waals surface area contributed by atoms with Crippen LogP contribution >= 0.6 is 0 Å². The molecule has 3 atom stereocenters. The molecule has 14 heavy (non-hydrogen) atoms. The zero-order chi connectivity index (χ0) is 10.6. The Bertz CT molecular complexity index is 196. The number of hydrogen-bond donors (Lipinski definition) is 2. The SMILES string of the molecule is CCC(NC1CCCC1OC)C(=O)O. The van der Waals surface area contributed by atoms with Gasteiger partial charge in [0.25, 0.3) is 0 Å². The van der Waals surface area contributed by atoms with Crippen molar-refractivity contribution in [2.24, 2.45) is 0 Å². The van der Waals surface area contributed by atoms with Crippen molar-refractivity contribution in [3.05, 3.63) is 0 Å². The standard InChI is InChI=1S/C10H19NO3/c1-3-7(10(12)13)11-8-5-4-6-9(8)14-2/h7-9,11H,3-6H2,1-2H3,(H,12,13). The summed E-state index contributed by atoms with van der Waals surface area (Å²) in [6, 6.07) is -0.225. The van der Waals surface area contributed by atoms with Crippen molar-refractivity contribution in [2.75, 3.05) is 7.11 Å². The maximum absolute atomic E-state index is 10.8. The first kappa shape index (κ1) is 11.5. The predicted molar refractivity (Wildman–Crippen MR) is 53.3 cm³/mol. The fourth-order valence-electron chi connectivity index (χ4n) is 2.02. The van der Waals surface area contributed by atoms with Crippen molar-refractivity contribution < 1.29 is 14.6 Å². The van der Waals surface area contributed by atoms with Crippen molar-refractivity contribution in [3.8, 4) is 0 Å². The lowest BCUT2D eigenvalue weighted by molar-refractivity contribution is -0.140. The lowest BCUT2D eigenvalue weighted by atomic mass is 10.1. The van der Waals surface area contributed by atoms with Gasteiger partial charge in [-0.05, 0) is 25.7 Å². The lowest BCUT2D eigenvalue weighted by Gasteiger charge is -2.23. The highest BCUT2D eigenvalue weighted by Crippen LogP contribution is 2.22. The van der Waals surface area contributed by atoms with E-state index in [1.54, 1.807) is 7.11 Å². The summed E-state index contributed by atoms with van der Waals surface area (Å²) in [7, 11) is 1.69. The molecule has 2 N–H and O–H groups in total. The molecule has 0 amide bonds. The van der Waals surface area contributed by atoms with Crippen molar-refractivity contribution in [1.29, 1.82) is 0 Å². The summed E-state index contributed by atoms with van der Waals surface area (Å²) in [5.74, 6) is -0.769. The average Bonchev–Trinajstić information content (AvgIpc) is 2.60. The van der Waals surface area contributed by atoms with Crippen LogP contribution in [-0.4, -0.2) is 36.4 Å². The van der Waals surface area contributed by atoms with E-state index < -0.39 is 12.0 Å². The summed E-state index contributed by atoms with van der Waals surface area (Å²) in [5.41, 5.74) is 0. The van der Waals surface area contributed by atoms with Gasteiger partial charge < -0.3 is 9.84 Å². The van der Waals surface area contributed by atoms with Crippen LogP contribution in [0, 0.1) is 0 Å². The maximum atomic E-state index is 10.8. The summed E-state index contributed by atoms with van der Waals surface area (Å²) in [4.78, 5) is 10.8. The average molecular weight is 201 g/mol. The summed E-state index contributed by atoms with van der Waals surface area (Å²) in [6.45, 7) is 1.88. The Morgan fingerprint density at radius 1 is 1.64 bits per heavy atom. The molecule has 0 bridgehead atoms. The Labute approximate surface area is 84.6 Å². The molecule has 0 radical (unpaired) electrons. The second kappa shape index (κ2) is 5.32. The maximum Gasteiger partial charge on any atom is 0.320 e. The molecule has 1 fully saturated rings. The van der Waals surface area contributed by atoms with Crippen molar-refractivity contribution >= 4 is 5.97 Å². The van der Waals surface area contributed by atoms with Gasteiger partial charge in [0.05, 0.1) is 6.10 Å². The highest BCUT2D eigenvalue weighted by atomic mass is 16.5. The fraction of sp³-hybridized carbons (Fsp3) is 0.900. The van der Waals surface area contributed by atoms with Crippen LogP contribution < -0.4 is 5.32 Å². The minimum absolute atomic E-state index is 0.184. The summed E-state index contributed by atoms with van der Waals surface area (Å²) < 4.78 is 5.29. The highest BCUT2D eigenvalue weighted by Gasteiger charge is 2.30. The lowest BCUT2D eigenvalue weighted by Crippen LogP contribution is -2.46. The number of aliphatic carboxylic acids is 1.